The highest BCUT2D eigenvalue weighted by atomic mass is 16.2. The van der Waals surface area contributed by atoms with Crippen LogP contribution in [0, 0.1) is 17.8 Å². The van der Waals surface area contributed by atoms with Gasteiger partial charge in [-0.15, -0.1) is 0 Å². The van der Waals surface area contributed by atoms with Crippen LogP contribution < -0.4 is 11.1 Å². The van der Waals surface area contributed by atoms with E-state index >= 15 is 0 Å². The van der Waals surface area contributed by atoms with Crippen LogP contribution in [0.15, 0.2) is 24.3 Å². The second-order valence-corrected chi connectivity index (χ2v) is 7.88. The van der Waals surface area contributed by atoms with Crippen molar-refractivity contribution < 1.29 is 9.59 Å². The molecular formula is C21H31N3O2. The lowest BCUT2D eigenvalue weighted by Gasteiger charge is -2.43. The van der Waals surface area contributed by atoms with E-state index in [-0.39, 0.29) is 23.8 Å². The van der Waals surface area contributed by atoms with E-state index in [1.807, 2.05) is 31.2 Å². The van der Waals surface area contributed by atoms with Gasteiger partial charge in [0.15, 0.2) is 0 Å². The lowest BCUT2D eigenvalue weighted by Crippen LogP contribution is -2.48. The molecular weight excluding hydrogens is 326 g/mol. The SMILES string of the molecule is CCN(Cc1ccccc1NC(=O)C1CC2CCCC(C1)C2N)C(C)=O. The lowest BCUT2D eigenvalue weighted by atomic mass is 9.65. The molecule has 2 unspecified atom stereocenters. The molecule has 2 atom stereocenters. The Bertz CT molecular complexity index is 646. The first-order valence-electron chi connectivity index (χ1n) is 9.89. The van der Waals surface area contributed by atoms with E-state index in [2.05, 4.69) is 5.32 Å². The fourth-order valence-corrected chi connectivity index (χ4v) is 4.67. The zero-order valence-electron chi connectivity index (χ0n) is 15.9. The molecule has 2 aliphatic carbocycles. The Labute approximate surface area is 156 Å². The predicted octanol–water partition coefficient (Wildman–Crippen LogP) is 3.15. The molecule has 2 amide bonds. The summed E-state index contributed by atoms with van der Waals surface area (Å²) in [7, 11) is 0. The van der Waals surface area contributed by atoms with Gasteiger partial charge in [0.2, 0.25) is 11.8 Å². The van der Waals surface area contributed by atoms with Gasteiger partial charge in [-0.2, -0.15) is 0 Å². The second kappa shape index (κ2) is 8.21. The van der Waals surface area contributed by atoms with Crippen molar-refractivity contribution in [3.63, 3.8) is 0 Å². The van der Waals surface area contributed by atoms with Crippen LogP contribution in [-0.4, -0.2) is 29.3 Å². The number of nitrogens with one attached hydrogen (secondary N) is 1. The zero-order chi connectivity index (χ0) is 18.7. The van der Waals surface area contributed by atoms with Crippen LogP contribution in [0.2, 0.25) is 0 Å². The molecule has 1 aromatic carbocycles. The van der Waals surface area contributed by atoms with Gasteiger partial charge < -0.3 is 16.0 Å². The Morgan fingerprint density at radius 1 is 1.19 bits per heavy atom. The van der Waals surface area contributed by atoms with E-state index in [4.69, 9.17) is 5.73 Å². The third-order valence-electron chi connectivity index (χ3n) is 6.25. The third kappa shape index (κ3) is 4.09. The number of fused-ring (bicyclic) bond motifs is 2. The number of amides is 2. The number of hydrogen-bond acceptors (Lipinski definition) is 3. The Morgan fingerprint density at radius 3 is 2.46 bits per heavy atom. The quantitative estimate of drug-likeness (QED) is 0.850. The van der Waals surface area contributed by atoms with Crippen molar-refractivity contribution in [1.82, 2.24) is 4.90 Å². The monoisotopic (exact) mass is 357 g/mol. The first kappa shape index (κ1) is 18.9. The van der Waals surface area contributed by atoms with Crippen LogP contribution in [0.25, 0.3) is 0 Å². The van der Waals surface area contributed by atoms with E-state index in [0.717, 1.165) is 36.9 Å². The number of nitrogens with two attached hydrogens (primary N) is 1. The lowest BCUT2D eigenvalue weighted by molar-refractivity contribution is -0.129. The topological polar surface area (TPSA) is 75.4 Å². The minimum Gasteiger partial charge on any atom is -0.339 e. The summed E-state index contributed by atoms with van der Waals surface area (Å²) < 4.78 is 0. The molecule has 5 nitrogen and oxygen atoms in total. The van der Waals surface area contributed by atoms with E-state index in [9.17, 15) is 9.59 Å². The van der Waals surface area contributed by atoms with Crippen LogP contribution >= 0.6 is 0 Å². The summed E-state index contributed by atoms with van der Waals surface area (Å²) in [5.41, 5.74) is 8.15. The number of carbonyl (C=O) groups excluding carboxylic acids is 2. The fraction of sp³-hybridized carbons (Fsp3) is 0.619. The molecule has 2 saturated carbocycles. The number of anilines is 1. The average Bonchev–Trinajstić information content (AvgIpc) is 2.60. The minimum atomic E-state index is 0.0442. The molecule has 26 heavy (non-hydrogen) atoms. The normalized spacial score (nSPS) is 27.7. The van der Waals surface area contributed by atoms with Gasteiger partial charge in [0.05, 0.1) is 0 Å². The van der Waals surface area contributed by atoms with Crippen molar-refractivity contribution in [2.45, 2.75) is 58.5 Å². The van der Waals surface area contributed by atoms with Gasteiger partial charge in [0.1, 0.15) is 0 Å². The van der Waals surface area contributed by atoms with E-state index < -0.39 is 0 Å². The maximum atomic E-state index is 12.9. The fourth-order valence-electron chi connectivity index (χ4n) is 4.67. The van der Waals surface area contributed by atoms with Crippen molar-refractivity contribution in [3.05, 3.63) is 29.8 Å². The molecule has 0 aliphatic heterocycles. The highest BCUT2D eigenvalue weighted by Gasteiger charge is 2.40. The van der Waals surface area contributed by atoms with Crippen molar-refractivity contribution in [3.8, 4) is 0 Å². The van der Waals surface area contributed by atoms with Gasteiger partial charge in [0.25, 0.3) is 0 Å². The van der Waals surface area contributed by atoms with Crippen molar-refractivity contribution in [2.24, 2.45) is 23.5 Å². The van der Waals surface area contributed by atoms with Gasteiger partial charge in [-0.3, -0.25) is 9.59 Å². The molecule has 2 fully saturated rings. The number of para-hydroxylation sites is 1. The number of rotatable bonds is 5. The summed E-state index contributed by atoms with van der Waals surface area (Å²) in [5.74, 6) is 1.17. The summed E-state index contributed by atoms with van der Waals surface area (Å²) in [5, 5.41) is 3.14. The molecule has 3 N–H and O–H groups in total. The molecule has 0 spiro atoms. The highest BCUT2D eigenvalue weighted by Crippen LogP contribution is 2.42. The Morgan fingerprint density at radius 2 is 1.85 bits per heavy atom. The first-order valence-corrected chi connectivity index (χ1v) is 9.89. The number of carbonyl (C=O) groups is 2. The molecule has 0 heterocycles. The van der Waals surface area contributed by atoms with Crippen molar-refractivity contribution >= 4 is 17.5 Å². The molecule has 1 aromatic rings. The summed E-state index contributed by atoms with van der Waals surface area (Å²) in [4.78, 5) is 26.4. The van der Waals surface area contributed by atoms with Crippen LogP contribution in [0.3, 0.4) is 0 Å². The molecule has 5 heteroatoms. The number of nitrogens with zero attached hydrogens (tertiary/aromatic N) is 1. The Hall–Kier alpha value is -1.88. The molecule has 0 saturated heterocycles. The highest BCUT2D eigenvalue weighted by molar-refractivity contribution is 5.93. The standard InChI is InChI=1S/C21H31N3O2/c1-3-24(14(2)25)13-17-7-4-5-10-19(17)23-21(26)18-11-15-8-6-9-16(12-18)20(15)22/h4-5,7,10,15-16,18,20H,3,6,8-9,11-13,22H2,1-2H3,(H,23,26). The predicted molar refractivity (Wildman–Crippen MR) is 103 cm³/mol. The number of benzene rings is 1. The molecule has 2 bridgehead atoms. The molecule has 3 rings (SSSR count). The van der Waals surface area contributed by atoms with Crippen molar-refractivity contribution in [1.29, 1.82) is 0 Å². The van der Waals surface area contributed by atoms with Gasteiger partial charge in [-0.1, -0.05) is 24.6 Å². The van der Waals surface area contributed by atoms with Crippen LogP contribution in [0.5, 0.6) is 0 Å². The summed E-state index contributed by atoms with van der Waals surface area (Å²) >= 11 is 0. The van der Waals surface area contributed by atoms with Crippen LogP contribution in [-0.2, 0) is 16.1 Å². The molecule has 2 aliphatic rings. The molecule has 0 aromatic heterocycles. The average molecular weight is 357 g/mol. The maximum Gasteiger partial charge on any atom is 0.227 e. The Balaban J connectivity index is 1.69. The third-order valence-corrected chi connectivity index (χ3v) is 6.25. The van der Waals surface area contributed by atoms with E-state index in [0.29, 0.717) is 24.9 Å². The molecule has 0 radical (unpaired) electrons. The summed E-state index contributed by atoms with van der Waals surface area (Å²) in [6, 6.07) is 8.05. The number of hydrogen-bond donors (Lipinski definition) is 2. The maximum absolute atomic E-state index is 12.9. The largest absolute Gasteiger partial charge is 0.339 e. The van der Waals surface area contributed by atoms with Gasteiger partial charge in [-0.25, -0.2) is 0 Å². The van der Waals surface area contributed by atoms with E-state index in [1.54, 1.807) is 11.8 Å². The second-order valence-electron chi connectivity index (χ2n) is 7.88. The minimum absolute atomic E-state index is 0.0442. The summed E-state index contributed by atoms with van der Waals surface area (Å²) in [6.45, 7) is 4.71. The smallest absolute Gasteiger partial charge is 0.227 e. The van der Waals surface area contributed by atoms with Gasteiger partial charge in [-0.05, 0) is 56.1 Å². The van der Waals surface area contributed by atoms with Gasteiger partial charge in [0, 0.05) is 37.7 Å². The van der Waals surface area contributed by atoms with Crippen LogP contribution in [0.1, 0.15) is 51.5 Å². The molecule has 142 valence electrons. The summed E-state index contributed by atoms with van der Waals surface area (Å²) in [6.07, 6.45) is 5.36. The van der Waals surface area contributed by atoms with E-state index in [1.165, 1.54) is 6.42 Å². The zero-order valence-corrected chi connectivity index (χ0v) is 15.9. The van der Waals surface area contributed by atoms with Gasteiger partial charge >= 0.3 is 0 Å². The first-order chi connectivity index (χ1) is 12.5. The van der Waals surface area contributed by atoms with Crippen LogP contribution in [0.4, 0.5) is 5.69 Å². The van der Waals surface area contributed by atoms with Crippen molar-refractivity contribution in [2.75, 3.05) is 11.9 Å². The Kier molecular flexibility index (Phi) is 5.97.